The van der Waals surface area contributed by atoms with E-state index in [0.29, 0.717) is 24.7 Å². The van der Waals surface area contributed by atoms with Gasteiger partial charge in [-0.1, -0.05) is 41.9 Å². The summed E-state index contributed by atoms with van der Waals surface area (Å²) < 4.78 is 5.21. The lowest BCUT2D eigenvalue weighted by atomic mass is 10.1. The van der Waals surface area contributed by atoms with Crippen LogP contribution in [0.1, 0.15) is 42.6 Å². The summed E-state index contributed by atoms with van der Waals surface area (Å²) in [7, 11) is 0. The van der Waals surface area contributed by atoms with Gasteiger partial charge in [-0.3, -0.25) is 0 Å². The molecule has 1 aromatic carbocycles. The van der Waals surface area contributed by atoms with Crippen LogP contribution < -0.4 is 11.5 Å². The molecule has 0 bridgehead atoms. The quantitative estimate of drug-likeness (QED) is 0.740. The molecule has 1 heterocycles. The number of nitrogens with zero attached hydrogens (tertiary/aromatic N) is 2. The monoisotopic (exact) mass is 260 g/mol. The lowest BCUT2D eigenvalue weighted by molar-refractivity contribution is 0.342. The third-order valence-electron chi connectivity index (χ3n) is 2.98. The maximum atomic E-state index is 6.01. The lowest BCUT2D eigenvalue weighted by Gasteiger charge is -2.04. The number of rotatable bonds is 7. The Bertz CT molecular complexity index is 483. The fraction of sp³-hybridized carbons (Fsp3) is 0.429. The third kappa shape index (κ3) is 4.15. The normalized spacial score (nSPS) is 12.5. The molecule has 0 aliphatic rings. The van der Waals surface area contributed by atoms with Crippen molar-refractivity contribution in [3.63, 3.8) is 0 Å². The highest BCUT2D eigenvalue weighted by atomic mass is 16.5. The Labute approximate surface area is 113 Å². The van der Waals surface area contributed by atoms with Crippen molar-refractivity contribution in [2.45, 2.75) is 31.7 Å². The van der Waals surface area contributed by atoms with Crippen molar-refractivity contribution < 1.29 is 4.52 Å². The van der Waals surface area contributed by atoms with Gasteiger partial charge in [0.1, 0.15) is 0 Å². The van der Waals surface area contributed by atoms with E-state index in [1.807, 2.05) is 30.3 Å². The van der Waals surface area contributed by atoms with E-state index in [-0.39, 0.29) is 6.04 Å². The second-order valence-electron chi connectivity index (χ2n) is 4.60. The molecule has 0 amide bonds. The van der Waals surface area contributed by atoms with Crippen molar-refractivity contribution in [1.29, 1.82) is 0 Å². The first kappa shape index (κ1) is 13.7. The van der Waals surface area contributed by atoms with Gasteiger partial charge < -0.3 is 16.0 Å². The van der Waals surface area contributed by atoms with Crippen molar-refractivity contribution in [2.24, 2.45) is 11.5 Å². The zero-order chi connectivity index (χ0) is 13.5. The molecule has 0 saturated heterocycles. The van der Waals surface area contributed by atoms with Gasteiger partial charge in [-0.05, 0) is 24.9 Å². The molecular formula is C14H20N4O. The minimum Gasteiger partial charge on any atom is -0.338 e. The Kier molecular flexibility index (Phi) is 5.06. The van der Waals surface area contributed by atoms with Crippen molar-refractivity contribution in [3.8, 4) is 0 Å². The summed E-state index contributed by atoms with van der Waals surface area (Å²) in [5.74, 6) is 1.19. The van der Waals surface area contributed by atoms with E-state index in [2.05, 4.69) is 10.1 Å². The predicted molar refractivity (Wildman–Crippen MR) is 73.4 cm³/mol. The Hall–Kier alpha value is -1.72. The molecule has 5 heteroatoms. The van der Waals surface area contributed by atoms with Crippen LogP contribution in [0.2, 0.25) is 0 Å². The first-order valence-corrected chi connectivity index (χ1v) is 6.61. The summed E-state index contributed by atoms with van der Waals surface area (Å²) in [4.78, 5) is 4.35. The average Bonchev–Trinajstić information content (AvgIpc) is 2.89. The first-order valence-electron chi connectivity index (χ1n) is 6.61. The number of nitrogens with two attached hydrogens (primary N) is 2. The van der Waals surface area contributed by atoms with E-state index >= 15 is 0 Å². The smallest absolute Gasteiger partial charge is 0.243 e. The van der Waals surface area contributed by atoms with Crippen LogP contribution in [-0.2, 0) is 6.42 Å². The lowest BCUT2D eigenvalue weighted by Crippen LogP contribution is -2.11. The minimum absolute atomic E-state index is 0.191. The summed E-state index contributed by atoms with van der Waals surface area (Å²) in [5.41, 5.74) is 12.6. The SMILES string of the molecule is NCCCC[C@H](N)c1nc(Cc2ccccc2)no1. The molecule has 2 rings (SSSR count). The molecule has 0 unspecified atom stereocenters. The zero-order valence-electron chi connectivity index (χ0n) is 11.0. The Morgan fingerprint density at radius 2 is 1.95 bits per heavy atom. The van der Waals surface area contributed by atoms with Crippen LogP contribution in [0.15, 0.2) is 34.9 Å². The second kappa shape index (κ2) is 7.01. The van der Waals surface area contributed by atoms with Gasteiger partial charge in [0.2, 0.25) is 5.89 Å². The highest BCUT2D eigenvalue weighted by Gasteiger charge is 2.14. The van der Waals surface area contributed by atoms with Crippen molar-refractivity contribution in [1.82, 2.24) is 10.1 Å². The zero-order valence-corrected chi connectivity index (χ0v) is 11.0. The fourth-order valence-corrected chi connectivity index (χ4v) is 1.90. The average molecular weight is 260 g/mol. The Morgan fingerprint density at radius 3 is 2.68 bits per heavy atom. The maximum absolute atomic E-state index is 6.01. The van der Waals surface area contributed by atoms with Crippen LogP contribution in [0.25, 0.3) is 0 Å². The largest absolute Gasteiger partial charge is 0.338 e. The van der Waals surface area contributed by atoms with Gasteiger partial charge in [0.05, 0.1) is 6.04 Å². The summed E-state index contributed by atoms with van der Waals surface area (Å²) in [5, 5.41) is 3.97. The summed E-state index contributed by atoms with van der Waals surface area (Å²) in [6.45, 7) is 0.690. The first-order chi connectivity index (χ1) is 9.29. The predicted octanol–water partition coefficient (Wildman–Crippen LogP) is 1.79. The van der Waals surface area contributed by atoms with E-state index in [0.717, 1.165) is 24.8 Å². The fourth-order valence-electron chi connectivity index (χ4n) is 1.90. The Balaban J connectivity index is 1.91. The molecular weight excluding hydrogens is 240 g/mol. The molecule has 1 atom stereocenters. The van der Waals surface area contributed by atoms with Gasteiger partial charge in [0.15, 0.2) is 5.82 Å². The Morgan fingerprint density at radius 1 is 1.16 bits per heavy atom. The number of hydrogen-bond donors (Lipinski definition) is 2. The molecule has 0 aliphatic heterocycles. The molecule has 0 radical (unpaired) electrons. The van der Waals surface area contributed by atoms with Gasteiger partial charge in [-0.25, -0.2) is 0 Å². The molecule has 1 aromatic heterocycles. The minimum atomic E-state index is -0.191. The number of benzene rings is 1. The molecule has 2 aromatic rings. The van der Waals surface area contributed by atoms with Crippen LogP contribution in [0.3, 0.4) is 0 Å². The molecule has 19 heavy (non-hydrogen) atoms. The standard InChI is InChI=1S/C14H20N4O/c15-9-5-4-8-12(16)14-17-13(18-19-14)10-11-6-2-1-3-7-11/h1-3,6-7,12H,4-5,8-10,15-16H2/t12-/m0/s1. The molecule has 4 N–H and O–H groups in total. The van der Waals surface area contributed by atoms with Crippen LogP contribution in [0, 0.1) is 0 Å². The number of hydrogen-bond acceptors (Lipinski definition) is 5. The van der Waals surface area contributed by atoms with Gasteiger partial charge in [-0.15, -0.1) is 0 Å². The highest BCUT2D eigenvalue weighted by molar-refractivity contribution is 5.18. The topological polar surface area (TPSA) is 91.0 Å². The second-order valence-corrected chi connectivity index (χ2v) is 4.60. The maximum Gasteiger partial charge on any atom is 0.243 e. The van der Waals surface area contributed by atoms with E-state index in [4.69, 9.17) is 16.0 Å². The molecule has 0 fully saturated rings. The highest BCUT2D eigenvalue weighted by Crippen LogP contribution is 2.15. The van der Waals surface area contributed by atoms with E-state index < -0.39 is 0 Å². The van der Waals surface area contributed by atoms with E-state index in [1.165, 1.54) is 0 Å². The summed E-state index contributed by atoms with van der Waals surface area (Å²) in [6.07, 6.45) is 3.44. The van der Waals surface area contributed by atoms with Gasteiger partial charge in [-0.2, -0.15) is 4.98 Å². The van der Waals surface area contributed by atoms with Gasteiger partial charge in [0.25, 0.3) is 0 Å². The van der Waals surface area contributed by atoms with Crippen LogP contribution in [-0.4, -0.2) is 16.7 Å². The molecule has 5 nitrogen and oxygen atoms in total. The van der Waals surface area contributed by atoms with Crippen molar-refractivity contribution in [2.75, 3.05) is 6.54 Å². The van der Waals surface area contributed by atoms with Crippen molar-refractivity contribution >= 4 is 0 Å². The van der Waals surface area contributed by atoms with E-state index in [9.17, 15) is 0 Å². The number of unbranched alkanes of at least 4 members (excludes halogenated alkanes) is 1. The molecule has 0 saturated carbocycles. The van der Waals surface area contributed by atoms with E-state index in [1.54, 1.807) is 0 Å². The summed E-state index contributed by atoms with van der Waals surface area (Å²) in [6, 6.07) is 9.86. The van der Waals surface area contributed by atoms with Gasteiger partial charge >= 0.3 is 0 Å². The van der Waals surface area contributed by atoms with Crippen LogP contribution in [0.4, 0.5) is 0 Å². The van der Waals surface area contributed by atoms with Crippen LogP contribution in [0.5, 0.6) is 0 Å². The molecule has 0 aliphatic carbocycles. The molecule has 0 spiro atoms. The van der Waals surface area contributed by atoms with Crippen LogP contribution >= 0.6 is 0 Å². The summed E-state index contributed by atoms with van der Waals surface area (Å²) >= 11 is 0. The third-order valence-corrected chi connectivity index (χ3v) is 2.98. The van der Waals surface area contributed by atoms with Gasteiger partial charge in [0, 0.05) is 6.42 Å². The molecule has 102 valence electrons. The number of aromatic nitrogens is 2. The van der Waals surface area contributed by atoms with Crippen molar-refractivity contribution in [3.05, 3.63) is 47.6 Å².